The zero-order chi connectivity index (χ0) is 21.3. The second kappa shape index (κ2) is 6.94. The number of hydrogen-bond acceptors (Lipinski definition) is 0. The summed E-state index contributed by atoms with van der Waals surface area (Å²) in [5.74, 6) is 2.22. The molecule has 0 amide bonds. The Morgan fingerprint density at radius 3 is 2.20 bits per heavy atom. The summed E-state index contributed by atoms with van der Waals surface area (Å²) in [6, 6.07) is 12.7. The lowest BCUT2D eigenvalue weighted by Gasteiger charge is -2.38. The second-order valence-electron chi connectivity index (χ2n) is 10.2. The molecule has 0 N–H and O–H groups in total. The largest absolute Gasteiger partial charge is 0.220 e. The van der Waals surface area contributed by atoms with Crippen LogP contribution in [0.1, 0.15) is 98.4 Å². The molecule has 154 valence electrons. The Kier molecular flexibility index (Phi) is 4.05. The van der Waals surface area contributed by atoms with Crippen LogP contribution < -0.4 is 4.57 Å². The Morgan fingerprint density at radius 1 is 0.833 bits per heavy atom. The van der Waals surface area contributed by atoms with Gasteiger partial charge in [0.05, 0.1) is 12.3 Å². The van der Waals surface area contributed by atoms with Crippen LogP contribution >= 0.6 is 0 Å². The van der Waals surface area contributed by atoms with Gasteiger partial charge in [-0.3, -0.25) is 0 Å². The van der Waals surface area contributed by atoms with Gasteiger partial charge in [-0.2, -0.15) is 4.57 Å². The van der Waals surface area contributed by atoms with Crippen molar-refractivity contribution in [2.75, 3.05) is 0 Å². The molecular weight excluding hydrogens is 362 g/mol. The lowest BCUT2D eigenvalue weighted by Crippen LogP contribution is -2.35. The molecule has 30 heavy (non-hydrogen) atoms. The molecule has 2 fully saturated rings. The number of pyridine rings is 1. The van der Waals surface area contributed by atoms with Crippen molar-refractivity contribution in [3.05, 3.63) is 64.3 Å². The zero-order valence-electron chi connectivity index (χ0n) is 19.7. The van der Waals surface area contributed by atoms with E-state index in [1.165, 1.54) is 79.1 Å². The second-order valence-corrected chi connectivity index (χ2v) is 10.2. The summed E-state index contributed by atoms with van der Waals surface area (Å²) >= 11 is 0. The number of fused-ring (bicyclic) bond motifs is 3. The van der Waals surface area contributed by atoms with Crippen molar-refractivity contribution in [3.63, 3.8) is 0 Å². The van der Waals surface area contributed by atoms with E-state index in [2.05, 4.69) is 55.8 Å². The summed E-state index contributed by atoms with van der Waals surface area (Å²) in [5, 5.41) is 2.37. The van der Waals surface area contributed by atoms with E-state index in [9.17, 15) is 0 Å². The molecule has 0 unspecified atom stereocenters. The molecule has 4 aliphatic rings. The van der Waals surface area contributed by atoms with Crippen LogP contribution in [-0.2, 0) is 7.05 Å². The molecule has 0 spiro atoms. The van der Waals surface area contributed by atoms with Gasteiger partial charge in [0.15, 0.2) is 5.69 Å². The number of aromatic nitrogens is 1. The maximum atomic E-state index is 8.91. The topological polar surface area (TPSA) is 3.88 Å². The number of aryl methyl sites for hydroxylation is 1. The molecule has 3 aromatic rings. The minimum atomic E-state index is 0.683. The minimum absolute atomic E-state index is 0.683. The van der Waals surface area contributed by atoms with Crippen molar-refractivity contribution >= 4 is 10.8 Å². The van der Waals surface area contributed by atoms with Gasteiger partial charge >= 0.3 is 0 Å². The maximum absolute atomic E-state index is 8.91. The molecule has 0 radical (unpaired) electrons. The van der Waals surface area contributed by atoms with E-state index in [0.29, 0.717) is 12.0 Å². The minimum Gasteiger partial charge on any atom is -0.198 e. The van der Waals surface area contributed by atoms with Crippen molar-refractivity contribution in [1.82, 2.24) is 0 Å². The highest BCUT2D eigenvalue weighted by molar-refractivity contribution is 5.94. The van der Waals surface area contributed by atoms with Gasteiger partial charge in [-0.25, -0.2) is 0 Å². The summed E-state index contributed by atoms with van der Waals surface area (Å²) in [6.07, 6.45) is 10.8. The van der Waals surface area contributed by atoms with Crippen LogP contribution in [0.2, 0.25) is 0 Å². The third-order valence-corrected chi connectivity index (χ3v) is 8.57. The number of rotatable bonds is 2. The van der Waals surface area contributed by atoms with E-state index in [1.807, 2.05) is 0 Å². The number of hydrogen-bond donors (Lipinski definition) is 0. The Labute approximate surface area is 182 Å². The van der Waals surface area contributed by atoms with Crippen LogP contribution in [0.15, 0.2) is 36.4 Å². The van der Waals surface area contributed by atoms with E-state index < -0.39 is 0 Å². The highest BCUT2D eigenvalue weighted by atomic mass is 14.9. The molecule has 0 aliphatic heterocycles. The molecule has 1 aromatic heterocycles. The number of nitrogens with zero attached hydrogens (tertiary/aromatic N) is 1. The molecule has 0 saturated heterocycles. The van der Waals surface area contributed by atoms with Crippen LogP contribution in [0.5, 0.6) is 0 Å². The van der Waals surface area contributed by atoms with Crippen molar-refractivity contribution in [2.45, 2.75) is 83.0 Å². The van der Waals surface area contributed by atoms with Crippen molar-refractivity contribution in [2.24, 2.45) is 7.05 Å². The Bertz CT molecular complexity index is 1190. The normalized spacial score (nSPS) is 23.8. The molecule has 2 saturated carbocycles. The lowest BCUT2D eigenvalue weighted by atomic mass is 9.66. The smallest absolute Gasteiger partial charge is 0.198 e. The number of benzene rings is 2. The molecule has 2 aromatic carbocycles. The molecular formula is C29H34N+. The van der Waals surface area contributed by atoms with Crippen LogP contribution in [-0.4, -0.2) is 0 Å². The molecule has 7 rings (SSSR count). The first-order chi connectivity index (χ1) is 15.0. The first-order valence-electron chi connectivity index (χ1n) is 12.6. The predicted molar refractivity (Wildman–Crippen MR) is 125 cm³/mol. The lowest BCUT2D eigenvalue weighted by molar-refractivity contribution is -0.665. The van der Waals surface area contributed by atoms with Gasteiger partial charge in [0.25, 0.3) is 0 Å². The van der Waals surface area contributed by atoms with E-state index in [0.717, 1.165) is 22.9 Å². The molecule has 1 nitrogen and oxygen atoms in total. The van der Waals surface area contributed by atoms with Gasteiger partial charge in [-0.1, -0.05) is 31.0 Å². The fraction of sp³-hybridized carbons (Fsp3) is 0.483. The Balaban J connectivity index is 1.59. The highest BCUT2D eigenvalue weighted by Crippen LogP contribution is 2.51. The molecule has 2 bridgehead atoms. The van der Waals surface area contributed by atoms with Crippen LogP contribution in [0.4, 0.5) is 0 Å². The van der Waals surface area contributed by atoms with Gasteiger partial charge < -0.3 is 0 Å². The summed E-state index contributed by atoms with van der Waals surface area (Å²) in [4.78, 5) is 0. The predicted octanol–water partition coefficient (Wildman–Crippen LogP) is 7.36. The fourth-order valence-electron chi connectivity index (χ4n) is 6.76. The van der Waals surface area contributed by atoms with Crippen LogP contribution in [0, 0.1) is 13.8 Å². The standard InChI is InChI=1S/C29H34N/c1-18-14-27-21-8-10-22(11-9-21)28(27)17-26(18)29-25-13-12-23(20-6-4-5-7-20)16-24(25)15-19(2)30(29)3/h12-17,20-22H,4-11H2,1-3H3/q+1/i15D. The van der Waals surface area contributed by atoms with Gasteiger partial charge in [-0.15, -0.1) is 0 Å². The van der Waals surface area contributed by atoms with E-state index in [-0.39, 0.29) is 0 Å². The van der Waals surface area contributed by atoms with Gasteiger partial charge in [-0.05, 0) is 103 Å². The summed E-state index contributed by atoms with van der Waals surface area (Å²) < 4.78 is 11.2. The first-order valence-corrected chi connectivity index (χ1v) is 12.1. The third kappa shape index (κ3) is 2.77. The monoisotopic (exact) mass is 397 g/mol. The molecule has 1 heteroatoms. The quantitative estimate of drug-likeness (QED) is 0.398. The SMILES string of the molecule is [2H]c1c(C)[n+](C)c(-c2cc3c(cc2C)C2CCC3CC2)c2ccc(C3CCCC3)cc12. The summed E-state index contributed by atoms with van der Waals surface area (Å²) in [5.41, 5.74) is 9.81. The van der Waals surface area contributed by atoms with E-state index >= 15 is 0 Å². The maximum Gasteiger partial charge on any atom is 0.220 e. The Hall–Kier alpha value is -2.15. The summed E-state index contributed by atoms with van der Waals surface area (Å²) in [6.45, 7) is 4.41. The first kappa shape index (κ1) is 17.5. The zero-order valence-corrected chi connectivity index (χ0v) is 18.7. The average Bonchev–Trinajstić information content (AvgIpc) is 3.34. The van der Waals surface area contributed by atoms with Crippen LogP contribution in [0.3, 0.4) is 0 Å². The Morgan fingerprint density at radius 2 is 1.50 bits per heavy atom. The molecule has 4 aliphatic carbocycles. The summed E-state index contributed by atoms with van der Waals surface area (Å²) in [7, 11) is 2.15. The van der Waals surface area contributed by atoms with Crippen molar-refractivity contribution in [1.29, 1.82) is 0 Å². The third-order valence-electron chi connectivity index (χ3n) is 8.57. The van der Waals surface area contributed by atoms with Gasteiger partial charge in [0.2, 0.25) is 5.69 Å². The molecule has 1 heterocycles. The highest BCUT2D eigenvalue weighted by Gasteiger charge is 2.34. The van der Waals surface area contributed by atoms with E-state index in [1.54, 1.807) is 11.1 Å². The molecule has 0 atom stereocenters. The van der Waals surface area contributed by atoms with Crippen molar-refractivity contribution < 1.29 is 5.94 Å². The van der Waals surface area contributed by atoms with E-state index in [4.69, 9.17) is 1.37 Å². The van der Waals surface area contributed by atoms with Gasteiger partial charge in [0.1, 0.15) is 7.05 Å². The van der Waals surface area contributed by atoms with Crippen LogP contribution in [0.25, 0.3) is 22.0 Å². The fourth-order valence-corrected chi connectivity index (χ4v) is 6.76. The van der Waals surface area contributed by atoms with Crippen molar-refractivity contribution in [3.8, 4) is 11.3 Å². The van der Waals surface area contributed by atoms with Gasteiger partial charge in [0, 0.05) is 13.0 Å². The average molecular weight is 398 g/mol.